The highest BCUT2D eigenvalue weighted by Gasteiger charge is 2.24. The molecule has 1 aromatic carbocycles. The summed E-state index contributed by atoms with van der Waals surface area (Å²) in [4.78, 5) is 24.5. The molecule has 1 fully saturated rings. The van der Waals surface area contributed by atoms with Gasteiger partial charge in [0.25, 0.3) is 5.91 Å². The van der Waals surface area contributed by atoms with Crippen LogP contribution < -0.4 is 10.6 Å². The maximum absolute atomic E-state index is 12.5. The average Bonchev–Trinajstić information content (AvgIpc) is 2.95. The van der Waals surface area contributed by atoms with Crippen molar-refractivity contribution in [1.82, 2.24) is 20.8 Å². The summed E-state index contributed by atoms with van der Waals surface area (Å²) in [6.07, 6.45) is 3.94. The summed E-state index contributed by atoms with van der Waals surface area (Å²) in [6.45, 7) is 0.660. The molecular weight excluding hydrogens is 316 g/mol. The number of H-pyrrole nitrogens is 1. The van der Waals surface area contributed by atoms with E-state index in [9.17, 15) is 9.59 Å². The number of nitrogens with zero attached hydrogens (tertiary/aromatic N) is 1. The maximum atomic E-state index is 12.5. The van der Waals surface area contributed by atoms with Gasteiger partial charge in [-0.1, -0.05) is 23.7 Å². The van der Waals surface area contributed by atoms with Crippen molar-refractivity contribution in [3.05, 3.63) is 41.0 Å². The number of halogens is 1. The number of carbonyl (C=O) groups is 2. The molecule has 23 heavy (non-hydrogen) atoms. The van der Waals surface area contributed by atoms with E-state index in [4.69, 9.17) is 11.6 Å². The lowest BCUT2D eigenvalue weighted by atomic mass is 10.1. The lowest BCUT2D eigenvalue weighted by Crippen LogP contribution is -2.45. The first kappa shape index (κ1) is 15.6. The standard InChI is InChI=1S/C16H17ClN4O2/c17-11-6-4-10(5-7-11)14-12(9-19-21-14)15(22)20-13-3-1-2-8-18-16(13)23/h4-7,9,13H,1-3,8H2,(H,18,23)(H,19,21)(H,20,22)/t13-/m0/s1. The smallest absolute Gasteiger partial charge is 0.255 e. The predicted molar refractivity (Wildman–Crippen MR) is 87.1 cm³/mol. The fourth-order valence-electron chi connectivity index (χ4n) is 2.61. The lowest BCUT2D eigenvalue weighted by molar-refractivity contribution is -0.122. The number of amides is 2. The highest BCUT2D eigenvalue weighted by molar-refractivity contribution is 6.30. The normalized spacial score (nSPS) is 18.1. The fraction of sp³-hybridized carbons (Fsp3) is 0.312. The van der Waals surface area contributed by atoms with Gasteiger partial charge in [-0.3, -0.25) is 14.7 Å². The molecular formula is C16H17ClN4O2. The van der Waals surface area contributed by atoms with Gasteiger partial charge in [0.1, 0.15) is 6.04 Å². The lowest BCUT2D eigenvalue weighted by Gasteiger charge is -2.15. The Morgan fingerprint density at radius 1 is 1.26 bits per heavy atom. The second-order valence-corrected chi connectivity index (χ2v) is 5.91. The Morgan fingerprint density at radius 2 is 2.04 bits per heavy atom. The molecule has 2 amide bonds. The zero-order valence-electron chi connectivity index (χ0n) is 12.4. The van der Waals surface area contributed by atoms with Gasteiger partial charge < -0.3 is 10.6 Å². The Kier molecular flexibility index (Phi) is 4.62. The molecule has 1 aliphatic heterocycles. The summed E-state index contributed by atoms with van der Waals surface area (Å²) in [5.41, 5.74) is 1.82. The molecule has 1 atom stereocenters. The quantitative estimate of drug-likeness (QED) is 0.804. The van der Waals surface area contributed by atoms with Crippen LogP contribution in [0.15, 0.2) is 30.5 Å². The molecule has 1 aliphatic rings. The fourth-order valence-corrected chi connectivity index (χ4v) is 2.73. The third-order valence-corrected chi connectivity index (χ3v) is 4.11. The Balaban J connectivity index is 1.79. The van der Waals surface area contributed by atoms with Gasteiger partial charge in [0.2, 0.25) is 5.91 Å². The van der Waals surface area contributed by atoms with Crippen molar-refractivity contribution in [1.29, 1.82) is 0 Å². The van der Waals surface area contributed by atoms with E-state index in [1.165, 1.54) is 6.20 Å². The highest BCUT2D eigenvalue weighted by Crippen LogP contribution is 2.23. The molecule has 1 saturated heterocycles. The molecule has 2 aromatic rings. The SMILES string of the molecule is O=C(N[C@H]1CCCCNC1=O)c1cn[nH]c1-c1ccc(Cl)cc1. The van der Waals surface area contributed by atoms with Crippen molar-refractivity contribution in [2.75, 3.05) is 6.54 Å². The van der Waals surface area contributed by atoms with Crippen molar-refractivity contribution < 1.29 is 9.59 Å². The first-order valence-corrected chi connectivity index (χ1v) is 7.91. The number of aromatic nitrogens is 2. The zero-order chi connectivity index (χ0) is 16.2. The second kappa shape index (κ2) is 6.83. The van der Waals surface area contributed by atoms with Gasteiger partial charge in [-0.2, -0.15) is 5.10 Å². The molecule has 0 unspecified atom stereocenters. The van der Waals surface area contributed by atoms with Crippen LogP contribution in [0.1, 0.15) is 29.6 Å². The number of benzene rings is 1. The topological polar surface area (TPSA) is 86.9 Å². The van der Waals surface area contributed by atoms with E-state index in [-0.39, 0.29) is 11.8 Å². The van der Waals surface area contributed by atoms with Crippen LogP contribution in [0.4, 0.5) is 0 Å². The highest BCUT2D eigenvalue weighted by atomic mass is 35.5. The number of hydrogen-bond acceptors (Lipinski definition) is 3. The number of rotatable bonds is 3. The monoisotopic (exact) mass is 332 g/mol. The molecule has 0 radical (unpaired) electrons. The first-order chi connectivity index (χ1) is 11.1. The molecule has 7 heteroatoms. The predicted octanol–water partition coefficient (Wildman–Crippen LogP) is 2.13. The maximum Gasteiger partial charge on any atom is 0.255 e. The molecule has 3 N–H and O–H groups in total. The van der Waals surface area contributed by atoms with Crippen molar-refractivity contribution in [2.45, 2.75) is 25.3 Å². The van der Waals surface area contributed by atoms with Gasteiger partial charge >= 0.3 is 0 Å². The average molecular weight is 333 g/mol. The van der Waals surface area contributed by atoms with Crippen LogP contribution in [-0.2, 0) is 4.79 Å². The van der Waals surface area contributed by atoms with Gasteiger partial charge in [-0.05, 0) is 31.4 Å². The molecule has 120 valence electrons. The molecule has 0 bridgehead atoms. The number of hydrogen-bond donors (Lipinski definition) is 3. The van der Waals surface area contributed by atoms with Crippen molar-refractivity contribution >= 4 is 23.4 Å². The van der Waals surface area contributed by atoms with E-state index in [1.807, 2.05) is 12.1 Å². The Bertz CT molecular complexity index is 711. The molecule has 2 heterocycles. The summed E-state index contributed by atoms with van der Waals surface area (Å²) in [7, 11) is 0. The second-order valence-electron chi connectivity index (χ2n) is 5.48. The first-order valence-electron chi connectivity index (χ1n) is 7.53. The van der Waals surface area contributed by atoms with Gasteiger partial charge in [-0.15, -0.1) is 0 Å². The van der Waals surface area contributed by atoms with Gasteiger partial charge in [0.15, 0.2) is 0 Å². The van der Waals surface area contributed by atoms with Gasteiger partial charge in [0.05, 0.1) is 17.5 Å². The van der Waals surface area contributed by atoms with E-state index >= 15 is 0 Å². The van der Waals surface area contributed by atoms with E-state index < -0.39 is 6.04 Å². The Morgan fingerprint density at radius 3 is 2.83 bits per heavy atom. The third kappa shape index (κ3) is 3.53. The van der Waals surface area contributed by atoms with E-state index in [1.54, 1.807) is 12.1 Å². The molecule has 6 nitrogen and oxygen atoms in total. The third-order valence-electron chi connectivity index (χ3n) is 3.86. The van der Waals surface area contributed by atoms with Crippen molar-refractivity contribution in [3.63, 3.8) is 0 Å². The van der Waals surface area contributed by atoms with Crippen LogP contribution in [0.3, 0.4) is 0 Å². The Hall–Kier alpha value is -2.34. The van der Waals surface area contributed by atoms with E-state index in [0.717, 1.165) is 18.4 Å². The van der Waals surface area contributed by atoms with Crippen LogP contribution in [0.25, 0.3) is 11.3 Å². The minimum Gasteiger partial charge on any atom is -0.354 e. The van der Waals surface area contributed by atoms with E-state index in [0.29, 0.717) is 29.2 Å². The zero-order valence-corrected chi connectivity index (χ0v) is 13.2. The molecule has 0 aliphatic carbocycles. The summed E-state index contributed by atoms with van der Waals surface area (Å²) >= 11 is 5.89. The Labute approximate surface area is 138 Å². The van der Waals surface area contributed by atoms with Crippen molar-refractivity contribution in [2.24, 2.45) is 0 Å². The summed E-state index contributed by atoms with van der Waals surface area (Å²) in [5.74, 6) is -0.446. The number of carbonyl (C=O) groups excluding carboxylic acids is 2. The minimum absolute atomic E-state index is 0.132. The molecule has 0 spiro atoms. The molecule has 3 rings (SSSR count). The van der Waals surface area contributed by atoms with Crippen molar-refractivity contribution in [3.8, 4) is 11.3 Å². The van der Waals surface area contributed by atoms with Gasteiger partial charge in [0, 0.05) is 17.1 Å². The van der Waals surface area contributed by atoms with Crippen LogP contribution in [0, 0.1) is 0 Å². The van der Waals surface area contributed by atoms with Crippen LogP contribution in [0.5, 0.6) is 0 Å². The molecule has 0 saturated carbocycles. The van der Waals surface area contributed by atoms with Gasteiger partial charge in [-0.25, -0.2) is 0 Å². The summed E-state index contributed by atoms with van der Waals surface area (Å²) in [6, 6.07) is 6.62. The summed E-state index contributed by atoms with van der Waals surface area (Å²) < 4.78 is 0. The van der Waals surface area contributed by atoms with Crippen LogP contribution in [-0.4, -0.2) is 34.6 Å². The van der Waals surface area contributed by atoms with Crippen LogP contribution in [0.2, 0.25) is 5.02 Å². The largest absolute Gasteiger partial charge is 0.354 e. The van der Waals surface area contributed by atoms with E-state index in [2.05, 4.69) is 20.8 Å². The minimum atomic E-state index is -0.502. The molecule has 1 aromatic heterocycles. The summed E-state index contributed by atoms with van der Waals surface area (Å²) in [5, 5.41) is 13.0. The number of nitrogens with one attached hydrogen (secondary N) is 3. The van der Waals surface area contributed by atoms with Crippen LogP contribution >= 0.6 is 11.6 Å². The number of aromatic amines is 1.